The van der Waals surface area contributed by atoms with Gasteiger partial charge in [0.2, 0.25) is 0 Å². The minimum absolute atomic E-state index is 0.0355. The van der Waals surface area contributed by atoms with Crippen molar-refractivity contribution in [2.45, 2.75) is 20.5 Å². The Morgan fingerprint density at radius 3 is 2.39 bits per heavy atom. The maximum atomic E-state index is 12.6. The number of halogens is 2. The first-order chi connectivity index (χ1) is 15.8. The predicted molar refractivity (Wildman–Crippen MR) is 140 cm³/mol. The molecule has 0 atom stereocenters. The molecular weight excluding hydrogens is 551 g/mol. The highest BCUT2D eigenvalue weighted by atomic mass is 127. The quantitative estimate of drug-likeness (QED) is 0.194. The second-order valence-electron chi connectivity index (χ2n) is 7.45. The van der Waals surface area contributed by atoms with Gasteiger partial charge in [-0.15, -0.1) is 0 Å². The maximum Gasteiger partial charge on any atom is 0.266 e. The van der Waals surface area contributed by atoms with Gasteiger partial charge in [0.05, 0.1) is 10.7 Å². The highest BCUT2D eigenvalue weighted by Gasteiger charge is 2.14. The van der Waals surface area contributed by atoms with E-state index in [1.807, 2.05) is 12.1 Å². The minimum atomic E-state index is -0.510. The van der Waals surface area contributed by atoms with Gasteiger partial charge in [0.25, 0.3) is 5.91 Å². The number of aryl methyl sites for hydroxylation is 2. The minimum Gasteiger partial charge on any atom is -0.493 e. The lowest BCUT2D eigenvalue weighted by Crippen LogP contribution is -2.13. The number of benzene rings is 3. The van der Waals surface area contributed by atoms with Gasteiger partial charge in [-0.25, -0.2) is 0 Å². The molecule has 0 aliphatic rings. The van der Waals surface area contributed by atoms with E-state index in [2.05, 4.69) is 60.0 Å². The van der Waals surface area contributed by atoms with Crippen molar-refractivity contribution in [3.8, 4) is 17.6 Å². The molecule has 33 heavy (non-hydrogen) atoms. The van der Waals surface area contributed by atoms with E-state index in [9.17, 15) is 10.1 Å². The third-order valence-corrected chi connectivity index (χ3v) is 5.75. The van der Waals surface area contributed by atoms with Crippen LogP contribution in [-0.2, 0) is 11.4 Å². The summed E-state index contributed by atoms with van der Waals surface area (Å²) in [6.45, 7) is 4.51. The molecule has 0 unspecified atom stereocenters. The molecule has 0 aromatic heterocycles. The molecular formula is C26H22ClIN2O3. The Balaban J connectivity index is 1.82. The van der Waals surface area contributed by atoms with Crippen molar-refractivity contribution in [1.82, 2.24) is 0 Å². The standard InChI is InChI=1S/C26H22ClIN2O3/c1-16-8-17(2)10-19(9-16)15-33-25-23(28)12-18(13-24(25)32-3)11-20(14-29)26(31)30-22-6-4-21(27)5-7-22/h4-13H,15H2,1-3H3,(H,30,31)/b20-11+. The average molecular weight is 573 g/mol. The Labute approximate surface area is 212 Å². The summed E-state index contributed by atoms with van der Waals surface area (Å²) < 4.78 is 12.4. The number of amides is 1. The summed E-state index contributed by atoms with van der Waals surface area (Å²) in [5.74, 6) is 0.621. The van der Waals surface area contributed by atoms with E-state index in [1.165, 1.54) is 17.2 Å². The molecule has 0 bridgehead atoms. The molecule has 1 amide bonds. The summed E-state index contributed by atoms with van der Waals surface area (Å²) in [7, 11) is 1.56. The van der Waals surface area contributed by atoms with Crippen LogP contribution in [0.25, 0.3) is 6.08 Å². The molecule has 0 aliphatic carbocycles. The summed E-state index contributed by atoms with van der Waals surface area (Å²) in [5.41, 5.74) is 4.59. The van der Waals surface area contributed by atoms with E-state index in [0.29, 0.717) is 34.4 Å². The molecule has 0 heterocycles. The number of rotatable bonds is 7. The Morgan fingerprint density at radius 1 is 1.12 bits per heavy atom. The zero-order valence-corrected chi connectivity index (χ0v) is 21.3. The number of carbonyl (C=O) groups is 1. The van der Waals surface area contributed by atoms with E-state index < -0.39 is 5.91 Å². The Morgan fingerprint density at radius 2 is 1.79 bits per heavy atom. The van der Waals surface area contributed by atoms with Gasteiger partial charge in [0.1, 0.15) is 18.2 Å². The number of carbonyl (C=O) groups excluding carboxylic acids is 1. The number of nitriles is 1. The molecule has 3 aromatic carbocycles. The average Bonchev–Trinajstić information content (AvgIpc) is 2.77. The van der Waals surface area contributed by atoms with E-state index >= 15 is 0 Å². The van der Waals surface area contributed by atoms with Gasteiger partial charge in [-0.1, -0.05) is 40.9 Å². The zero-order valence-electron chi connectivity index (χ0n) is 18.4. The summed E-state index contributed by atoms with van der Waals surface area (Å²) in [5, 5.41) is 12.8. The Kier molecular flexibility index (Phi) is 8.37. The van der Waals surface area contributed by atoms with Crippen molar-refractivity contribution in [2.75, 3.05) is 12.4 Å². The molecule has 0 aliphatic heterocycles. The number of hydrogen-bond donors (Lipinski definition) is 1. The van der Waals surface area contributed by atoms with Crippen LogP contribution in [0.4, 0.5) is 5.69 Å². The first kappa shape index (κ1) is 24.6. The van der Waals surface area contributed by atoms with Gasteiger partial charge in [-0.05, 0) is 90.0 Å². The molecule has 0 spiro atoms. The Hall–Kier alpha value is -3.02. The molecule has 0 fully saturated rings. The van der Waals surface area contributed by atoms with Crippen molar-refractivity contribution in [2.24, 2.45) is 0 Å². The smallest absolute Gasteiger partial charge is 0.266 e. The van der Waals surface area contributed by atoms with Crippen LogP contribution in [0, 0.1) is 28.7 Å². The fraction of sp³-hybridized carbons (Fsp3) is 0.154. The third-order valence-electron chi connectivity index (χ3n) is 4.69. The topological polar surface area (TPSA) is 71.3 Å². The van der Waals surface area contributed by atoms with Gasteiger partial charge in [0, 0.05) is 10.7 Å². The number of hydrogen-bond acceptors (Lipinski definition) is 4. The van der Waals surface area contributed by atoms with Crippen LogP contribution in [0.5, 0.6) is 11.5 Å². The highest BCUT2D eigenvalue weighted by molar-refractivity contribution is 14.1. The molecule has 3 rings (SSSR count). The SMILES string of the molecule is COc1cc(/C=C(\C#N)C(=O)Nc2ccc(Cl)cc2)cc(I)c1OCc1cc(C)cc(C)c1. The van der Waals surface area contributed by atoms with Crippen LogP contribution >= 0.6 is 34.2 Å². The zero-order chi connectivity index (χ0) is 24.0. The van der Waals surface area contributed by atoms with E-state index in [-0.39, 0.29) is 5.57 Å². The second kappa shape index (κ2) is 11.2. The lowest BCUT2D eigenvalue weighted by atomic mass is 10.1. The molecule has 5 nitrogen and oxygen atoms in total. The van der Waals surface area contributed by atoms with Gasteiger partial charge >= 0.3 is 0 Å². The number of nitrogens with one attached hydrogen (secondary N) is 1. The molecule has 0 saturated heterocycles. The number of anilines is 1. The summed E-state index contributed by atoms with van der Waals surface area (Å²) in [6, 6.07) is 18.5. The third kappa shape index (κ3) is 6.73. The molecule has 3 aromatic rings. The summed E-state index contributed by atoms with van der Waals surface area (Å²) in [6.07, 6.45) is 1.52. The first-order valence-electron chi connectivity index (χ1n) is 10.0. The van der Waals surface area contributed by atoms with Crippen molar-refractivity contribution >= 4 is 51.9 Å². The molecule has 1 N–H and O–H groups in total. The maximum absolute atomic E-state index is 12.6. The fourth-order valence-electron chi connectivity index (χ4n) is 3.32. The largest absolute Gasteiger partial charge is 0.493 e. The number of nitrogens with zero attached hydrogens (tertiary/aromatic N) is 1. The van der Waals surface area contributed by atoms with Crippen molar-refractivity contribution in [3.05, 3.63) is 91.0 Å². The van der Waals surface area contributed by atoms with Gasteiger partial charge in [-0.3, -0.25) is 4.79 Å². The summed E-state index contributed by atoms with van der Waals surface area (Å²) >= 11 is 8.03. The van der Waals surface area contributed by atoms with Gasteiger partial charge in [0.15, 0.2) is 11.5 Å². The number of ether oxygens (including phenoxy) is 2. The summed E-state index contributed by atoms with van der Waals surface area (Å²) in [4.78, 5) is 12.6. The fourth-order valence-corrected chi connectivity index (χ4v) is 4.22. The predicted octanol–water partition coefficient (Wildman–Crippen LogP) is 6.69. The van der Waals surface area contributed by atoms with Crippen LogP contribution < -0.4 is 14.8 Å². The molecule has 168 valence electrons. The monoisotopic (exact) mass is 572 g/mol. The van der Waals surface area contributed by atoms with Crippen LogP contribution in [0.1, 0.15) is 22.3 Å². The lowest BCUT2D eigenvalue weighted by molar-refractivity contribution is -0.112. The van der Waals surface area contributed by atoms with Crippen molar-refractivity contribution in [3.63, 3.8) is 0 Å². The van der Waals surface area contributed by atoms with Crippen LogP contribution in [0.3, 0.4) is 0 Å². The number of methoxy groups -OCH3 is 1. The van der Waals surface area contributed by atoms with Crippen molar-refractivity contribution < 1.29 is 14.3 Å². The second-order valence-corrected chi connectivity index (χ2v) is 9.05. The van der Waals surface area contributed by atoms with Gasteiger partial charge in [-0.2, -0.15) is 5.26 Å². The normalized spacial score (nSPS) is 11.0. The first-order valence-corrected chi connectivity index (χ1v) is 11.5. The Bertz CT molecular complexity index is 1230. The molecule has 0 saturated carbocycles. The van der Waals surface area contributed by atoms with Crippen LogP contribution in [-0.4, -0.2) is 13.0 Å². The lowest BCUT2D eigenvalue weighted by Gasteiger charge is -2.14. The van der Waals surface area contributed by atoms with E-state index in [4.69, 9.17) is 21.1 Å². The molecule has 0 radical (unpaired) electrons. The van der Waals surface area contributed by atoms with E-state index in [0.717, 1.165) is 9.13 Å². The van der Waals surface area contributed by atoms with Crippen molar-refractivity contribution in [1.29, 1.82) is 5.26 Å². The van der Waals surface area contributed by atoms with Crippen LogP contribution in [0.15, 0.2) is 60.2 Å². The van der Waals surface area contributed by atoms with E-state index in [1.54, 1.807) is 37.4 Å². The highest BCUT2D eigenvalue weighted by Crippen LogP contribution is 2.35. The van der Waals surface area contributed by atoms with Crippen LogP contribution in [0.2, 0.25) is 5.02 Å². The van der Waals surface area contributed by atoms with Gasteiger partial charge < -0.3 is 14.8 Å². The molecule has 7 heteroatoms.